The Kier molecular flexibility index (Phi) is 4.63. The van der Waals surface area contributed by atoms with E-state index in [4.69, 9.17) is 0 Å². The second-order valence-electron chi connectivity index (χ2n) is 4.95. The van der Waals surface area contributed by atoms with E-state index in [0.29, 0.717) is 12.1 Å². The molecule has 23 heavy (non-hydrogen) atoms. The van der Waals surface area contributed by atoms with E-state index >= 15 is 0 Å². The van der Waals surface area contributed by atoms with Crippen LogP contribution in [0.15, 0.2) is 12.1 Å². The van der Waals surface area contributed by atoms with Crippen LogP contribution < -0.4 is 0 Å². The highest BCUT2D eigenvalue weighted by atomic mass is 19.2. The van der Waals surface area contributed by atoms with Crippen molar-refractivity contribution in [2.24, 2.45) is 0 Å². The highest BCUT2D eigenvalue weighted by Crippen LogP contribution is 2.29. The SMILES string of the molecule is C[C@@H](Cc1cc(F)c(F)c(F)c1F)c1cc(F)c(F)c(F)c1F. The van der Waals surface area contributed by atoms with E-state index in [1.165, 1.54) is 6.92 Å². The van der Waals surface area contributed by atoms with Crippen molar-refractivity contribution >= 4 is 0 Å². The van der Waals surface area contributed by atoms with Crippen molar-refractivity contribution < 1.29 is 35.1 Å². The summed E-state index contributed by atoms with van der Waals surface area (Å²) in [5, 5.41) is 0. The predicted octanol–water partition coefficient (Wildman–Crippen LogP) is 5.15. The van der Waals surface area contributed by atoms with Crippen LogP contribution in [0.25, 0.3) is 0 Å². The Balaban J connectivity index is 2.43. The number of rotatable bonds is 3. The number of hydrogen-bond acceptors (Lipinski definition) is 0. The number of benzene rings is 2. The first-order valence-corrected chi connectivity index (χ1v) is 6.29. The monoisotopic (exact) mass is 340 g/mol. The van der Waals surface area contributed by atoms with Gasteiger partial charge in [0.05, 0.1) is 0 Å². The largest absolute Gasteiger partial charge is 0.204 e. The summed E-state index contributed by atoms with van der Waals surface area (Å²) < 4.78 is 106. The Hall–Kier alpha value is -2.12. The molecule has 0 aliphatic rings. The van der Waals surface area contributed by atoms with Gasteiger partial charge in [0.1, 0.15) is 0 Å². The van der Waals surface area contributed by atoms with Gasteiger partial charge in [0.25, 0.3) is 0 Å². The molecular weight excluding hydrogens is 332 g/mol. The summed E-state index contributed by atoms with van der Waals surface area (Å²) in [5.41, 5.74) is -1.30. The Morgan fingerprint density at radius 2 is 1.13 bits per heavy atom. The molecule has 2 rings (SSSR count). The van der Waals surface area contributed by atoms with Crippen LogP contribution >= 0.6 is 0 Å². The van der Waals surface area contributed by atoms with E-state index in [0.717, 1.165) is 0 Å². The zero-order chi connectivity index (χ0) is 17.5. The fourth-order valence-electron chi connectivity index (χ4n) is 2.16. The average molecular weight is 340 g/mol. The summed E-state index contributed by atoms with van der Waals surface area (Å²) in [5.74, 6) is -16.0. The molecule has 0 heterocycles. The Labute approximate surface area is 125 Å². The molecule has 0 unspecified atom stereocenters. The van der Waals surface area contributed by atoms with Gasteiger partial charge in [0.2, 0.25) is 0 Å². The Bertz CT molecular complexity index is 769. The van der Waals surface area contributed by atoms with Crippen molar-refractivity contribution in [3.05, 3.63) is 69.8 Å². The predicted molar refractivity (Wildman–Crippen MR) is 64.7 cm³/mol. The topological polar surface area (TPSA) is 0 Å². The zero-order valence-electron chi connectivity index (χ0n) is 11.5. The van der Waals surface area contributed by atoms with Gasteiger partial charge in [0, 0.05) is 0 Å². The van der Waals surface area contributed by atoms with Crippen LogP contribution in [0, 0.1) is 46.5 Å². The first-order valence-electron chi connectivity index (χ1n) is 6.29. The molecule has 0 nitrogen and oxygen atoms in total. The maximum Gasteiger partial charge on any atom is 0.197 e. The fourth-order valence-corrected chi connectivity index (χ4v) is 2.16. The first-order chi connectivity index (χ1) is 10.6. The molecule has 0 fully saturated rings. The van der Waals surface area contributed by atoms with Gasteiger partial charge < -0.3 is 0 Å². The smallest absolute Gasteiger partial charge is 0.197 e. The van der Waals surface area contributed by atoms with Gasteiger partial charge in [-0.3, -0.25) is 0 Å². The summed E-state index contributed by atoms with van der Waals surface area (Å²) in [6.07, 6.45) is -0.596. The van der Waals surface area contributed by atoms with Crippen molar-refractivity contribution in [2.45, 2.75) is 19.3 Å². The first kappa shape index (κ1) is 17.2. The molecule has 1 atom stereocenters. The number of halogens is 8. The summed E-state index contributed by atoms with van der Waals surface area (Å²) in [6.45, 7) is 1.17. The molecule has 0 saturated heterocycles. The fraction of sp³-hybridized carbons (Fsp3) is 0.200. The van der Waals surface area contributed by atoms with E-state index in [1.807, 2.05) is 0 Å². The van der Waals surface area contributed by atoms with Gasteiger partial charge in [-0.15, -0.1) is 0 Å². The summed E-state index contributed by atoms with van der Waals surface area (Å²) >= 11 is 0. The van der Waals surface area contributed by atoms with Gasteiger partial charge in [-0.25, -0.2) is 35.1 Å². The maximum absolute atomic E-state index is 13.6. The van der Waals surface area contributed by atoms with Gasteiger partial charge in [0.15, 0.2) is 46.5 Å². The molecular formula is C15H8F8. The minimum atomic E-state index is -2.05. The minimum Gasteiger partial charge on any atom is -0.204 e. The lowest BCUT2D eigenvalue weighted by atomic mass is 9.92. The lowest BCUT2D eigenvalue weighted by Crippen LogP contribution is -2.09. The average Bonchev–Trinajstić information content (AvgIpc) is 2.51. The van der Waals surface area contributed by atoms with Crippen LogP contribution in [-0.4, -0.2) is 0 Å². The normalized spacial score (nSPS) is 12.6. The second kappa shape index (κ2) is 6.17. The molecule has 0 spiro atoms. The highest BCUT2D eigenvalue weighted by molar-refractivity contribution is 5.29. The van der Waals surface area contributed by atoms with E-state index in [-0.39, 0.29) is 0 Å². The quantitative estimate of drug-likeness (QED) is 0.412. The van der Waals surface area contributed by atoms with Crippen LogP contribution in [-0.2, 0) is 6.42 Å². The van der Waals surface area contributed by atoms with Gasteiger partial charge in [-0.05, 0) is 35.6 Å². The van der Waals surface area contributed by atoms with Crippen LogP contribution in [0.4, 0.5) is 35.1 Å². The zero-order valence-corrected chi connectivity index (χ0v) is 11.5. The molecule has 124 valence electrons. The van der Waals surface area contributed by atoms with Crippen LogP contribution in [0.5, 0.6) is 0 Å². The highest BCUT2D eigenvalue weighted by Gasteiger charge is 2.25. The van der Waals surface area contributed by atoms with Crippen molar-refractivity contribution in [1.82, 2.24) is 0 Å². The summed E-state index contributed by atoms with van der Waals surface area (Å²) in [7, 11) is 0. The lowest BCUT2D eigenvalue weighted by molar-refractivity contribution is 0.395. The standard InChI is InChI=1S/C15H8F8/c1-5(7-4-9(17)13(21)15(23)11(7)19)2-6-3-8(16)12(20)14(22)10(6)18/h3-5H,2H2,1H3/t5-/m0/s1. The summed E-state index contributed by atoms with van der Waals surface area (Å²) in [6, 6.07) is 0.727. The molecule has 0 aliphatic carbocycles. The van der Waals surface area contributed by atoms with E-state index in [1.54, 1.807) is 0 Å². The third-order valence-electron chi connectivity index (χ3n) is 3.37. The Morgan fingerprint density at radius 1 is 0.652 bits per heavy atom. The molecule has 2 aromatic rings. The molecule has 0 bridgehead atoms. The van der Waals surface area contributed by atoms with E-state index in [9.17, 15) is 35.1 Å². The third kappa shape index (κ3) is 3.02. The lowest BCUT2D eigenvalue weighted by Gasteiger charge is -2.15. The van der Waals surface area contributed by atoms with Crippen molar-refractivity contribution in [1.29, 1.82) is 0 Å². The van der Waals surface area contributed by atoms with E-state index < -0.39 is 70.0 Å². The maximum atomic E-state index is 13.6. The molecule has 0 amide bonds. The second-order valence-corrected chi connectivity index (χ2v) is 4.95. The van der Waals surface area contributed by atoms with Crippen LogP contribution in [0.3, 0.4) is 0 Å². The third-order valence-corrected chi connectivity index (χ3v) is 3.37. The molecule has 0 aliphatic heterocycles. The van der Waals surface area contributed by atoms with Crippen molar-refractivity contribution in [3.8, 4) is 0 Å². The molecule has 0 N–H and O–H groups in total. The van der Waals surface area contributed by atoms with Gasteiger partial charge in [-0.1, -0.05) is 6.92 Å². The Morgan fingerprint density at radius 3 is 1.70 bits per heavy atom. The molecule has 8 heteroatoms. The molecule has 0 saturated carbocycles. The van der Waals surface area contributed by atoms with Gasteiger partial charge in [-0.2, -0.15) is 0 Å². The molecule has 0 aromatic heterocycles. The van der Waals surface area contributed by atoms with Crippen molar-refractivity contribution in [3.63, 3.8) is 0 Å². The molecule has 0 radical (unpaired) electrons. The molecule has 2 aromatic carbocycles. The van der Waals surface area contributed by atoms with Gasteiger partial charge >= 0.3 is 0 Å². The summed E-state index contributed by atoms with van der Waals surface area (Å²) in [4.78, 5) is 0. The van der Waals surface area contributed by atoms with Crippen LogP contribution in [0.1, 0.15) is 24.0 Å². The minimum absolute atomic E-state index is 0.360. The van der Waals surface area contributed by atoms with E-state index in [2.05, 4.69) is 0 Å². The van der Waals surface area contributed by atoms with Crippen molar-refractivity contribution in [2.75, 3.05) is 0 Å². The number of hydrogen-bond donors (Lipinski definition) is 0. The van der Waals surface area contributed by atoms with Crippen LogP contribution in [0.2, 0.25) is 0 Å².